The second-order valence-electron chi connectivity index (χ2n) is 8.75. The molecule has 1 aliphatic rings. The molecule has 0 amide bonds. The lowest BCUT2D eigenvalue weighted by atomic mass is 10.0. The summed E-state index contributed by atoms with van der Waals surface area (Å²) in [6.45, 7) is 1.98. The van der Waals surface area contributed by atoms with Gasteiger partial charge in [-0.1, -0.05) is 48.5 Å². The molecule has 1 aliphatic heterocycles. The Hall–Kier alpha value is -3.68. The maximum absolute atomic E-state index is 13.2. The maximum atomic E-state index is 13.2. The third-order valence-electron chi connectivity index (χ3n) is 6.56. The van der Waals surface area contributed by atoms with Crippen LogP contribution in [0.3, 0.4) is 0 Å². The fourth-order valence-corrected chi connectivity index (χ4v) is 5.95. The molecule has 0 bridgehead atoms. The van der Waals surface area contributed by atoms with Gasteiger partial charge in [0.2, 0.25) is 10.0 Å². The number of sulfonamides is 1. The Labute approximate surface area is 205 Å². The molecule has 0 saturated carbocycles. The number of benzene rings is 4. The molecule has 5 rings (SSSR count). The lowest BCUT2D eigenvalue weighted by molar-refractivity contribution is 0.0993. The van der Waals surface area contributed by atoms with Crippen LogP contribution in [0.15, 0.2) is 95.9 Å². The highest BCUT2D eigenvalue weighted by Crippen LogP contribution is 2.25. The van der Waals surface area contributed by atoms with E-state index in [0.717, 1.165) is 22.0 Å². The molecule has 0 aliphatic carbocycles. The van der Waals surface area contributed by atoms with Crippen LogP contribution >= 0.6 is 0 Å². The summed E-state index contributed by atoms with van der Waals surface area (Å²) in [5.74, 6) is 0.0146. The molecule has 35 heavy (non-hydrogen) atoms. The number of ketones is 1. The molecule has 1 saturated heterocycles. The van der Waals surface area contributed by atoms with Crippen molar-refractivity contribution in [1.82, 2.24) is 4.31 Å². The number of anilines is 2. The van der Waals surface area contributed by atoms with Crippen LogP contribution < -0.4 is 10.6 Å². The van der Waals surface area contributed by atoms with E-state index in [9.17, 15) is 13.2 Å². The summed E-state index contributed by atoms with van der Waals surface area (Å²) in [5.41, 5.74) is 9.02. The van der Waals surface area contributed by atoms with E-state index in [4.69, 9.17) is 5.73 Å². The van der Waals surface area contributed by atoms with E-state index in [1.54, 1.807) is 22.5 Å². The van der Waals surface area contributed by atoms with Gasteiger partial charge in [-0.15, -0.1) is 0 Å². The molecule has 4 aromatic rings. The van der Waals surface area contributed by atoms with E-state index in [-0.39, 0.29) is 12.2 Å². The van der Waals surface area contributed by atoms with Crippen molar-refractivity contribution >= 4 is 38.0 Å². The van der Waals surface area contributed by atoms with E-state index in [0.29, 0.717) is 42.3 Å². The van der Waals surface area contributed by atoms with Gasteiger partial charge in [-0.2, -0.15) is 4.31 Å². The summed E-state index contributed by atoms with van der Waals surface area (Å²) in [7, 11) is -3.56. The minimum Gasteiger partial charge on any atom is -0.398 e. The van der Waals surface area contributed by atoms with Gasteiger partial charge in [-0.25, -0.2) is 8.42 Å². The molecule has 4 aromatic carbocycles. The van der Waals surface area contributed by atoms with Gasteiger partial charge in [0.1, 0.15) is 0 Å². The van der Waals surface area contributed by atoms with Crippen molar-refractivity contribution in [3.8, 4) is 0 Å². The van der Waals surface area contributed by atoms with Gasteiger partial charge >= 0.3 is 0 Å². The lowest BCUT2D eigenvalue weighted by Gasteiger charge is -2.35. The molecule has 1 fully saturated rings. The normalized spacial score (nSPS) is 14.8. The smallest absolute Gasteiger partial charge is 0.243 e. The van der Waals surface area contributed by atoms with E-state index in [1.165, 1.54) is 0 Å². The van der Waals surface area contributed by atoms with Crippen LogP contribution in [-0.2, 0) is 16.4 Å². The van der Waals surface area contributed by atoms with Gasteiger partial charge in [0.25, 0.3) is 0 Å². The van der Waals surface area contributed by atoms with Gasteiger partial charge in [-0.3, -0.25) is 4.79 Å². The summed E-state index contributed by atoms with van der Waals surface area (Å²) in [5, 5.41) is 1.93. The summed E-state index contributed by atoms with van der Waals surface area (Å²) in [4.78, 5) is 15.2. The predicted octanol–water partition coefficient (Wildman–Crippen LogP) is 4.36. The van der Waals surface area contributed by atoms with Crippen LogP contribution in [0, 0.1) is 0 Å². The highest BCUT2D eigenvalue weighted by atomic mass is 32.2. The van der Waals surface area contributed by atoms with E-state index in [2.05, 4.69) is 4.90 Å². The molecule has 6 nitrogen and oxygen atoms in total. The van der Waals surface area contributed by atoms with Gasteiger partial charge in [0, 0.05) is 49.5 Å². The Morgan fingerprint density at radius 1 is 0.771 bits per heavy atom. The number of para-hydroxylation sites is 1. The van der Waals surface area contributed by atoms with Crippen molar-refractivity contribution in [3.05, 3.63) is 102 Å². The molecule has 0 unspecified atom stereocenters. The molecule has 0 aromatic heterocycles. The van der Waals surface area contributed by atoms with Crippen LogP contribution in [-0.4, -0.2) is 44.7 Å². The second kappa shape index (κ2) is 9.52. The first-order valence-corrected chi connectivity index (χ1v) is 13.1. The first-order chi connectivity index (χ1) is 16.9. The van der Waals surface area contributed by atoms with Crippen LogP contribution in [0.25, 0.3) is 10.8 Å². The van der Waals surface area contributed by atoms with Crippen molar-refractivity contribution in [2.75, 3.05) is 36.8 Å². The largest absolute Gasteiger partial charge is 0.398 e. The third kappa shape index (κ3) is 4.78. The number of piperazine rings is 1. The van der Waals surface area contributed by atoms with Crippen molar-refractivity contribution in [2.24, 2.45) is 0 Å². The summed E-state index contributed by atoms with van der Waals surface area (Å²) < 4.78 is 28.0. The summed E-state index contributed by atoms with van der Waals surface area (Å²) in [6, 6.07) is 27.9. The predicted molar refractivity (Wildman–Crippen MR) is 140 cm³/mol. The fourth-order valence-electron chi connectivity index (χ4n) is 4.49. The Morgan fingerprint density at radius 3 is 2.14 bits per heavy atom. The highest BCUT2D eigenvalue weighted by molar-refractivity contribution is 7.89. The molecule has 7 heteroatoms. The van der Waals surface area contributed by atoms with Crippen LogP contribution in [0.4, 0.5) is 11.4 Å². The number of carbonyl (C=O) groups is 1. The Morgan fingerprint density at radius 2 is 1.43 bits per heavy atom. The molecular formula is C28H27N3O3S. The SMILES string of the molecule is Nc1ccccc1CC(=O)c1ccc(N2CCN(S(=O)(=O)c3ccc4ccccc4c3)CC2)cc1. The van der Waals surface area contributed by atoms with E-state index < -0.39 is 10.0 Å². The van der Waals surface area contributed by atoms with Crippen LogP contribution in [0.2, 0.25) is 0 Å². The van der Waals surface area contributed by atoms with E-state index in [1.807, 2.05) is 72.8 Å². The number of nitrogens with zero attached hydrogens (tertiary/aromatic N) is 2. The summed E-state index contributed by atoms with van der Waals surface area (Å²) >= 11 is 0. The number of hydrogen-bond donors (Lipinski definition) is 1. The quantitative estimate of drug-likeness (QED) is 0.324. The van der Waals surface area contributed by atoms with Gasteiger partial charge in [-0.05, 0) is 58.8 Å². The first-order valence-electron chi connectivity index (χ1n) is 11.6. The number of fused-ring (bicyclic) bond motifs is 1. The average molecular weight is 486 g/mol. The molecule has 178 valence electrons. The Bertz CT molecular complexity index is 1480. The lowest BCUT2D eigenvalue weighted by Crippen LogP contribution is -2.48. The number of hydrogen-bond acceptors (Lipinski definition) is 5. The molecule has 2 N–H and O–H groups in total. The molecular weight excluding hydrogens is 458 g/mol. The number of carbonyl (C=O) groups excluding carboxylic acids is 1. The fraction of sp³-hybridized carbons (Fsp3) is 0.179. The molecule has 0 spiro atoms. The van der Waals surface area contributed by atoms with E-state index >= 15 is 0 Å². The molecule has 0 atom stereocenters. The zero-order valence-corrected chi connectivity index (χ0v) is 20.1. The van der Waals surface area contributed by atoms with Crippen molar-refractivity contribution in [3.63, 3.8) is 0 Å². The van der Waals surface area contributed by atoms with Crippen LogP contribution in [0.1, 0.15) is 15.9 Å². The maximum Gasteiger partial charge on any atom is 0.243 e. The Balaban J connectivity index is 1.23. The van der Waals surface area contributed by atoms with Crippen molar-refractivity contribution in [1.29, 1.82) is 0 Å². The molecule has 1 heterocycles. The standard InChI is InChI=1S/C28H27N3O3S/c29-27-8-4-3-7-24(27)20-28(32)22-9-12-25(13-10-22)30-15-17-31(18-16-30)35(33,34)26-14-11-21-5-1-2-6-23(21)19-26/h1-14,19H,15-18,20,29H2. The van der Waals surface area contributed by atoms with Crippen LogP contribution in [0.5, 0.6) is 0 Å². The van der Waals surface area contributed by atoms with Gasteiger partial charge < -0.3 is 10.6 Å². The summed E-state index contributed by atoms with van der Waals surface area (Å²) in [6.07, 6.45) is 0.261. The molecule has 0 radical (unpaired) electrons. The number of nitrogens with two attached hydrogens (primary N) is 1. The zero-order chi connectivity index (χ0) is 24.4. The van der Waals surface area contributed by atoms with Crippen molar-refractivity contribution in [2.45, 2.75) is 11.3 Å². The Kier molecular flexibility index (Phi) is 6.28. The second-order valence-corrected chi connectivity index (χ2v) is 10.7. The van der Waals surface area contributed by atoms with Gasteiger partial charge in [0.15, 0.2) is 5.78 Å². The number of Topliss-reactive ketones (excluding diaryl/α,β-unsaturated/α-hetero) is 1. The van der Waals surface area contributed by atoms with Gasteiger partial charge in [0.05, 0.1) is 4.90 Å². The number of nitrogen functional groups attached to an aromatic ring is 1. The highest BCUT2D eigenvalue weighted by Gasteiger charge is 2.28. The topological polar surface area (TPSA) is 83.7 Å². The van der Waals surface area contributed by atoms with Crippen molar-refractivity contribution < 1.29 is 13.2 Å². The third-order valence-corrected chi connectivity index (χ3v) is 8.45. The minimum atomic E-state index is -3.56. The minimum absolute atomic E-state index is 0.0146. The first kappa shape index (κ1) is 23.1. The zero-order valence-electron chi connectivity index (χ0n) is 19.3. The number of rotatable bonds is 6. The monoisotopic (exact) mass is 485 g/mol. The average Bonchev–Trinajstić information content (AvgIpc) is 2.90.